The van der Waals surface area contributed by atoms with Gasteiger partial charge in [-0.2, -0.15) is 0 Å². The molecule has 0 radical (unpaired) electrons. The molecule has 0 saturated heterocycles. The number of H-pyrrole nitrogens is 2. The van der Waals surface area contributed by atoms with E-state index in [0.29, 0.717) is 22.6 Å². The van der Waals surface area contributed by atoms with Gasteiger partial charge in [0.2, 0.25) is 5.78 Å². The van der Waals surface area contributed by atoms with E-state index in [1.807, 2.05) is 78.9 Å². The van der Waals surface area contributed by atoms with E-state index in [9.17, 15) is 9.59 Å². The van der Waals surface area contributed by atoms with Crippen LogP contribution in [-0.2, 0) is 0 Å². The van der Waals surface area contributed by atoms with E-state index in [2.05, 4.69) is 70.7 Å². The van der Waals surface area contributed by atoms with E-state index in [1.54, 1.807) is 24.3 Å². The normalized spacial score (nSPS) is 12.5. The predicted octanol–water partition coefficient (Wildman–Crippen LogP) is 12.1. The Morgan fingerprint density at radius 3 is 1.14 bits per heavy atom. The van der Waals surface area contributed by atoms with Crippen LogP contribution in [0.4, 0.5) is 0 Å². The number of hydrogen-bond acceptors (Lipinski definition) is 7. The molecule has 0 fully saturated rings. The highest BCUT2D eigenvalue weighted by atomic mass is 16.5. The van der Waals surface area contributed by atoms with Crippen molar-refractivity contribution in [3.63, 3.8) is 0 Å². The molecule has 1 aliphatic carbocycles. The predicted molar refractivity (Wildman–Crippen MR) is 254 cm³/mol. The summed E-state index contributed by atoms with van der Waals surface area (Å²) in [5, 5.41) is 0. The van der Waals surface area contributed by atoms with Crippen LogP contribution in [0.3, 0.4) is 0 Å². The van der Waals surface area contributed by atoms with Crippen molar-refractivity contribution in [2.24, 2.45) is 0 Å². The number of aromatic nitrogens is 4. The zero-order chi connectivity index (χ0) is 43.5. The lowest BCUT2D eigenvalue weighted by molar-refractivity contribution is 0.0973. The second kappa shape index (κ2) is 15.4. The fourth-order valence-electron chi connectivity index (χ4n) is 9.12. The third kappa shape index (κ3) is 6.24. The van der Waals surface area contributed by atoms with Gasteiger partial charge < -0.3 is 24.2 Å². The summed E-state index contributed by atoms with van der Waals surface area (Å²) in [4.78, 5) is 47.4. The SMILES string of the molecule is COc1cc(OC)c2c(c1)C(=O)c1cc(-c3c4nc(c(-c5ccccc5)c5ccc([nH]5)c(-c5ccccc5)c5nc(c(-c6ccccc6)c6ccc3[nH]6)C=C5)C=C4)cc(OC)c1C2=O. The number of rotatable bonds is 7. The van der Waals surface area contributed by atoms with Gasteiger partial charge in [0.25, 0.3) is 0 Å². The topological polar surface area (TPSA) is 119 Å². The standard InChI is InChI=1S/C55H38N4O5/c1-62-35-29-37-53(47(30-35)64-3)55(61)52-36(54(37)60)27-34(28-46(52)63-2)51-44-25-23-42(58-44)49(32-15-9-5-10-16-32)40-21-19-38(56-40)48(31-13-7-4-8-14-31)39-20-22-41(57-39)50(33-17-11-6-12-18-33)43-24-26-45(51)59-43/h4-30,56,59H,1-3H3. The van der Waals surface area contributed by atoms with Crippen molar-refractivity contribution in [2.45, 2.75) is 0 Å². The molecule has 2 aliphatic heterocycles. The van der Waals surface area contributed by atoms with Crippen LogP contribution in [0.15, 0.2) is 140 Å². The molecule has 308 valence electrons. The molecule has 5 aromatic carbocycles. The van der Waals surface area contributed by atoms with Crippen LogP contribution in [0.2, 0.25) is 0 Å². The Kier molecular flexibility index (Phi) is 9.24. The van der Waals surface area contributed by atoms with Crippen LogP contribution in [0.25, 0.3) is 90.9 Å². The number of benzene rings is 5. The molecule has 9 heteroatoms. The highest BCUT2D eigenvalue weighted by Crippen LogP contribution is 2.44. The Balaban J connectivity index is 1.27. The van der Waals surface area contributed by atoms with Crippen LogP contribution in [0, 0.1) is 0 Å². The van der Waals surface area contributed by atoms with Gasteiger partial charge in [0.1, 0.15) is 17.2 Å². The van der Waals surface area contributed by atoms with Crippen molar-refractivity contribution < 1.29 is 23.8 Å². The van der Waals surface area contributed by atoms with Crippen molar-refractivity contribution in [1.82, 2.24) is 19.9 Å². The lowest BCUT2D eigenvalue weighted by atomic mass is 9.81. The third-order valence-electron chi connectivity index (χ3n) is 12.0. The van der Waals surface area contributed by atoms with E-state index in [4.69, 9.17) is 24.2 Å². The van der Waals surface area contributed by atoms with Crippen molar-refractivity contribution >= 4 is 57.9 Å². The molecule has 3 aromatic heterocycles. The van der Waals surface area contributed by atoms with Gasteiger partial charge in [-0.1, -0.05) is 91.0 Å². The number of nitrogens with zero attached hydrogens (tertiary/aromatic N) is 2. The minimum atomic E-state index is -0.380. The first-order valence-corrected chi connectivity index (χ1v) is 20.8. The quantitative estimate of drug-likeness (QED) is 0.164. The van der Waals surface area contributed by atoms with Crippen LogP contribution < -0.4 is 14.2 Å². The number of nitrogens with one attached hydrogen (secondary N) is 2. The Morgan fingerprint density at radius 1 is 0.375 bits per heavy atom. The van der Waals surface area contributed by atoms with E-state index >= 15 is 0 Å². The van der Waals surface area contributed by atoms with Gasteiger partial charge in [0, 0.05) is 61.5 Å². The van der Waals surface area contributed by atoms with Gasteiger partial charge in [0.15, 0.2) is 5.78 Å². The Bertz CT molecular complexity index is 3440. The Hall–Kier alpha value is -8.56. The smallest absolute Gasteiger partial charge is 0.201 e. The Morgan fingerprint density at radius 2 is 0.750 bits per heavy atom. The number of ketones is 2. The molecular weight excluding hydrogens is 797 g/mol. The molecule has 0 spiro atoms. The fourth-order valence-corrected chi connectivity index (χ4v) is 9.12. The molecule has 0 atom stereocenters. The number of carbonyl (C=O) groups is 2. The first kappa shape index (κ1) is 38.4. The molecule has 2 N–H and O–H groups in total. The number of aromatic amines is 2. The summed E-state index contributed by atoms with van der Waals surface area (Å²) in [5.41, 5.74) is 14.1. The highest BCUT2D eigenvalue weighted by Gasteiger charge is 2.36. The maximum Gasteiger partial charge on any atom is 0.201 e. The van der Waals surface area contributed by atoms with Crippen molar-refractivity contribution in [3.8, 4) is 61.8 Å². The van der Waals surface area contributed by atoms with E-state index in [1.165, 1.54) is 21.3 Å². The number of hydrogen-bond donors (Lipinski definition) is 2. The van der Waals surface area contributed by atoms with Crippen molar-refractivity contribution in [1.29, 1.82) is 0 Å². The molecule has 8 bridgehead atoms. The second-order valence-corrected chi connectivity index (χ2v) is 15.6. The van der Waals surface area contributed by atoms with Crippen LogP contribution in [-0.4, -0.2) is 52.8 Å². The number of ether oxygens (including phenoxy) is 3. The number of fused-ring (bicyclic) bond motifs is 10. The first-order chi connectivity index (χ1) is 31.4. The van der Waals surface area contributed by atoms with Gasteiger partial charge >= 0.3 is 0 Å². The Labute approximate surface area is 368 Å². The highest BCUT2D eigenvalue weighted by molar-refractivity contribution is 6.31. The molecule has 3 aliphatic rings. The van der Waals surface area contributed by atoms with E-state index in [-0.39, 0.29) is 45.3 Å². The van der Waals surface area contributed by atoms with Crippen molar-refractivity contribution in [2.75, 3.05) is 21.3 Å². The molecule has 11 rings (SSSR count). The van der Waals surface area contributed by atoms with Gasteiger partial charge in [0.05, 0.1) is 55.2 Å². The maximum atomic E-state index is 14.6. The van der Waals surface area contributed by atoms with Gasteiger partial charge in [-0.3, -0.25) is 9.59 Å². The van der Waals surface area contributed by atoms with Crippen molar-refractivity contribution in [3.05, 3.63) is 185 Å². The maximum absolute atomic E-state index is 14.6. The minimum absolute atomic E-state index is 0.163. The van der Waals surface area contributed by atoms with E-state index in [0.717, 1.165) is 72.5 Å². The summed E-state index contributed by atoms with van der Waals surface area (Å²) in [6.45, 7) is 0. The molecule has 8 aromatic rings. The summed E-state index contributed by atoms with van der Waals surface area (Å²) in [6.07, 6.45) is 8.16. The largest absolute Gasteiger partial charge is 0.497 e. The summed E-state index contributed by atoms with van der Waals surface area (Å²) in [6, 6.07) is 45.8. The van der Waals surface area contributed by atoms with Crippen LogP contribution in [0.1, 0.15) is 54.6 Å². The molecule has 9 nitrogen and oxygen atoms in total. The number of methoxy groups -OCH3 is 3. The zero-order valence-electron chi connectivity index (χ0n) is 35.0. The average molecular weight is 835 g/mol. The molecule has 5 heterocycles. The lowest BCUT2D eigenvalue weighted by Gasteiger charge is -2.23. The van der Waals surface area contributed by atoms with Gasteiger partial charge in [-0.15, -0.1) is 0 Å². The summed E-state index contributed by atoms with van der Waals surface area (Å²) >= 11 is 0. The molecular formula is C55H38N4O5. The van der Waals surface area contributed by atoms with Gasteiger partial charge in [-0.05, 0) is 89.0 Å². The summed E-state index contributed by atoms with van der Waals surface area (Å²) < 4.78 is 17.1. The fraction of sp³-hybridized carbons (Fsp3) is 0.0545. The summed E-state index contributed by atoms with van der Waals surface area (Å²) in [5.74, 6) is 0.155. The monoisotopic (exact) mass is 834 g/mol. The lowest BCUT2D eigenvalue weighted by Crippen LogP contribution is -2.23. The molecule has 0 unspecified atom stereocenters. The number of carbonyl (C=O) groups excluding carboxylic acids is 2. The van der Waals surface area contributed by atoms with E-state index < -0.39 is 0 Å². The van der Waals surface area contributed by atoms with Gasteiger partial charge in [-0.25, -0.2) is 9.97 Å². The second-order valence-electron chi connectivity index (χ2n) is 15.6. The molecule has 64 heavy (non-hydrogen) atoms. The van der Waals surface area contributed by atoms with Crippen LogP contribution in [0.5, 0.6) is 17.2 Å². The minimum Gasteiger partial charge on any atom is -0.497 e. The molecule has 0 saturated carbocycles. The average Bonchev–Trinajstić information content (AvgIpc) is 4.20. The zero-order valence-corrected chi connectivity index (χ0v) is 35.0. The molecule has 0 amide bonds. The van der Waals surface area contributed by atoms with Crippen LogP contribution >= 0.6 is 0 Å². The summed E-state index contributed by atoms with van der Waals surface area (Å²) in [7, 11) is 4.47. The third-order valence-corrected chi connectivity index (χ3v) is 12.0. The first-order valence-electron chi connectivity index (χ1n) is 20.8.